The van der Waals surface area contributed by atoms with E-state index in [9.17, 15) is 0 Å². The van der Waals surface area contributed by atoms with Crippen molar-refractivity contribution in [3.8, 4) is 0 Å². The molecule has 2 heteroatoms. The Morgan fingerprint density at radius 3 is 2.44 bits per heavy atom. The van der Waals surface area contributed by atoms with Gasteiger partial charge < -0.3 is 0 Å². The first kappa shape index (κ1) is 7.03. The fourth-order valence-corrected chi connectivity index (χ4v) is 1.25. The summed E-state index contributed by atoms with van der Waals surface area (Å²) in [6.07, 6.45) is 0. The second-order valence-corrected chi connectivity index (χ2v) is 2.92. The topological polar surface area (TPSA) is 6.48 Å². The molecular weight excluding hydrogens is 112 g/mol. The minimum absolute atomic E-state index is 0.755. The molecule has 1 unspecified atom stereocenters. The Hall–Kier alpha value is -0.0800. The van der Waals surface area contributed by atoms with E-state index >= 15 is 0 Å². The second-order valence-electron chi connectivity index (χ2n) is 2.92. The highest BCUT2D eigenvalue weighted by atomic mass is 15.4. The van der Waals surface area contributed by atoms with Crippen LogP contribution in [-0.2, 0) is 0 Å². The maximum atomic E-state index is 2.45. The number of likely N-dealkylation sites (N-methyl/N-ethyl adjacent to an activating group) is 2. The molecule has 0 radical (unpaired) electrons. The molecule has 9 heavy (non-hydrogen) atoms. The predicted octanol–water partition coefficient (Wildman–Crippen LogP) is 0.600. The Kier molecular flexibility index (Phi) is 2.09. The Morgan fingerprint density at radius 2 is 2.22 bits per heavy atom. The lowest BCUT2D eigenvalue weighted by Gasteiger charge is -2.11. The van der Waals surface area contributed by atoms with Gasteiger partial charge in [0.1, 0.15) is 0 Å². The number of hydrogen-bond donors (Lipinski definition) is 0. The third-order valence-electron chi connectivity index (χ3n) is 2.15. The lowest BCUT2D eigenvalue weighted by atomic mass is 10.3. The van der Waals surface area contributed by atoms with Crippen LogP contribution >= 0.6 is 0 Å². The van der Waals surface area contributed by atoms with Crippen LogP contribution in [-0.4, -0.2) is 42.6 Å². The molecule has 1 fully saturated rings. The van der Waals surface area contributed by atoms with E-state index in [0.29, 0.717) is 0 Å². The first-order chi connectivity index (χ1) is 4.24. The van der Waals surface area contributed by atoms with Crippen molar-refractivity contribution in [3.63, 3.8) is 0 Å². The molecule has 0 spiro atoms. The summed E-state index contributed by atoms with van der Waals surface area (Å²) in [5.74, 6) is 0. The zero-order valence-corrected chi connectivity index (χ0v) is 6.59. The molecule has 1 saturated heterocycles. The molecule has 0 bridgehead atoms. The van der Waals surface area contributed by atoms with Gasteiger partial charge in [-0.05, 0) is 20.5 Å². The molecule has 1 heterocycles. The molecule has 1 aliphatic rings. The highest BCUT2D eigenvalue weighted by molar-refractivity contribution is 4.74. The summed E-state index contributed by atoms with van der Waals surface area (Å²) in [6, 6.07) is 0.755. The third-order valence-corrected chi connectivity index (χ3v) is 2.15. The summed E-state index contributed by atoms with van der Waals surface area (Å²) >= 11 is 0. The van der Waals surface area contributed by atoms with Crippen LogP contribution in [0.3, 0.4) is 0 Å². The summed E-state index contributed by atoms with van der Waals surface area (Å²) in [5, 5.41) is 0. The minimum Gasteiger partial charge on any atom is -0.290 e. The normalized spacial score (nSPS) is 31.7. The van der Waals surface area contributed by atoms with Crippen molar-refractivity contribution in [2.45, 2.75) is 19.9 Å². The van der Waals surface area contributed by atoms with E-state index in [1.807, 2.05) is 0 Å². The van der Waals surface area contributed by atoms with Crippen LogP contribution in [0.4, 0.5) is 0 Å². The molecule has 0 aromatic heterocycles. The van der Waals surface area contributed by atoms with Gasteiger partial charge in [0.15, 0.2) is 0 Å². The fourth-order valence-electron chi connectivity index (χ4n) is 1.25. The van der Waals surface area contributed by atoms with Crippen molar-refractivity contribution in [3.05, 3.63) is 0 Å². The van der Waals surface area contributed by atoms with Crippen LogP contribution in [0, 0.1) is 0 Å². The van der Waals surface area contributed by atoms with E-state index in [4.69, 9.17) is 0 Å². The Balaban J connectivity index is 2.35. The van der Waals surface area contributed by atoms with Crippen molar-refractivity contribution in [1.82, 2.24) is 9.80 Å². The molecule has 1 atom stereocenters. The molecule has 1 aliphatic heterocycles. The van der Waals surface area contributed by atoms with Crippen molar-refractivity contribution < 1.29 is 0 Å². The van der Waals surface area contributed by atoms with Crippen molar-refractivity contribution >= 4 is 0 Å². The van der Waals surface area contributed by atoms with Gasteiger partial charge in [-0.25, -0.2) is 0 Å². The predicted molar refractivity (Wildman–Crippen MR) is 39.3 cm³/mol. The smallest absolute Gasteiger partial charge is 0.0507 e. The third kappa shape index (κ3) is 1.43. The average Bonchev–Trinajstić information content (AvgIpc) is 2.13. The quantitative estimate of drug-likeness (QED) is 0.510. The Labute approximate surface area is 57.4 Å². The van der Waals surface area contributed by atoms with Crippen LogP contribution < -0.4 is 0 Å². The number of nitrogens with zero attached hydrogens (tertiary/aromatic N) is 2. The molecule has 54 valence electrons. The molecule has 0 saturated carbocycles. The van der Waals surface area contributed by atoms with Gasteiger partial charge in [0.2, 0.25) is 0 Å². The van der Waals surface area contributed by atoms with Crippen LogP contribution in [0.25, 0.3) is 0 Å². The summed E-state index contributed by atoms with van der Waals surface area (Å²) in [5.41, 5.74) is 0. The van der Waals surface area contributed by atoms with Gasteiger partial charge in [-0.2, -0.15) is 0 Å². The van der Waals surface area contributed by atoms with Crippen molar-refractivity contribution in [2.24, 2.45) is 0 Å². The van der Waals surface area contributed by atoms with Gasteiger partial charge in [-0.15, -0.1) is 0 Å². The van der Waals surface area contributed by atoms with Gasteiger partial charge >= 0.3 is 0 Å². The van der Waals surface area contributed by atoms with Gasteiger partial charge in [0.05, 0.1) is 6.67 Å². The average molecular weight is 128 g/mol. The van der Waals surface area contributed by atoms with E-state index in [1.165, 1.54) is 13.1 Å². The minimum atomic E-state index is 0.755. The monoisotopic (exact) mass is 128 g/mol. The van der Waals surface area contributed by atoms with Crippen LogP contribution in [0.1, 0.15) is 13.8 Å². The fraction of sp³-hybridized carbons (Fsp3) is 1.00. The van der Waals surface area contributed by atoms with Crippen LogP contribution in [0.15, 0.2) is 0 Å². The lowest BCUT2D eigenvalue weighted by molar-refractivity contribution is 0.273. The first-order valence-corrected chi connectivity index (χ1v) is 3.66. The molecule has 2 nitrogen and oxygen atoms in total. The first-order valence-electron chi connectivity index (χ1n) is 3.66. The summed E-state index contributed by atoms with van der Waals surface area (Å²) in [4.78, 5) is 4.83. The molecular formula is C7H16N2. The van der Waals surface area contributed by atoms with Crippen molar-refractivity contribution in [1.29, 1.82) is 0 Å². The van der Waals surface area contributed by atoms with E-state index < -0.39 is 0 Å². The SMILES string of the molecule is CCN1CC(C)N(C)C1. The summed E-state index contributed by atoms with van der Waals surface area (Å²) in [7, 11) is 2.18. The highest BCUT2D eigenvalue weighted by Crippen LogP contribution is 2.08. The molecule has 1 rings (SSSR count). The van der Waals surface area contributed by atoms with E-state index in [0.717, 1.165) is 12.7 Å². The standard InChI is InChI=1S/C7H16N2/c1-4-9-5-7(2)8(3)6-9/h7H,4-6H2,1-3H3. The van der Waals surface area contributed by atoms with Gasteiger partial charge in [-0.1, -0.05) is 6.92 Å². The summed E-state index contributed by atoms with van der Waals surface area (Å²) in [6.45, 7) is 8.07. The zero-order valence-electron chi connectivity index (χ0n) is 6.59. The van der Waals surface area contributed by atoms with E-state index in [-0.39, 0.29) is 0 Å². The lowest BCUT2D eigenvalue weighted by Crippen LogP contribution is -2.23. The Bertz CT molecular complexity index is 82.9. The zero-order chi connectivity index (χ0) is 6.85. The van der Waals surface area contributed by atoms with Crippen LogP contribution in [0.5, 0.6) is 0 Å². The largest absolute Gasteiger partial charge is 0.290 e. The molecule has 0 aliphatic carbocycles. The number of rotatable bonds is 1. The molecule has 0 amide bonds. The maximum absolute atomic E-state index is 2.45. The van der Waals surface area contributed by atoms with Gasteiger partial charge in [0, 0.05) is 12.6 Å². The second kappa shape index (κ2) is 2.67. The van der Waals surface area contributed by atoms with Crippen LogP contribution in [0.2, 0.25) is 0 Å². The Morgan fingerprint density at radius 1 is 1.56 bits per heavy atom. The molecule has 0 aromatic carbocycles. The number of hydrogen-bond acceptors (Lipinski definition) is 2. The molecule has 0 N–H and O–H groups in total. The highest BCUT2D eigenvalue weighted by Gasteiger charge is 2.21. The molecule has 0 aromatic rings. The van der Waals surface area contributed by atoms with Crippen molar-refractivity contribution in [2.75, 3.05) is 26.8 Å². The summed E-state index contributed by atoms with van der Waals surface area (Å²) < 4.78 is 0. The van der Waals surface area contributed by atoms with Gasteiger partial charge in [0.25, 0.3) is 0 Å². The maximum Gasteiger partial charge on any atom is 0.0507 e. The van der Waals surface area contributed by atoms with E-state index in [2.05, 4.69) is 30.7 Å². The van der Waals surface area contributed by atoms with E-state index in [1.54, 1.807) is 0 Å². The van der Waals surface area contributed by atoms with Gasteiger partial charge in [-0.3, -0.25) is 9.80 Å².